The fourth-order valence-corrected chi connectivity index (χ4v) is 2.88. The number of aromatic amines is 1. The monoisotopic (exact) mass is 374 g/mol. The van der Waals surface area contributed by atoms with Crippen LogP contribution in [0, 0.1) is 0 Å². The first-order valence-electron chi connectivity index (χ1n) is 7.79. The zero-order valence-corrected chi connectivity index (χ0v) is 15.0. The number of amides is 1. The molecule has 134 valence electrons. The number of hydrogen-bond donors (Lipinski definition) is 3. The lowest BCUT2D eigenvalue weighted by Crippen LogP contribution is -2.33. The zero-order valence-electron chi connectivity index (χ0n) is 13.4. The molecule has 3 N–H and O–H groups in total. The second kappa shape index (κ2) is 10.3. The highest BCUT2D eigenvalue weighted by Gasteiger charge is 2.19. The predicted molar refractivity (Wildman–Crippen MR) is 96.9 cm³/mol. The Morgan fingerprint density at radius 3 is 3.00 bits per heavy atom. The topological polar surface area (TPSA) is 87.6 Å². The highest BCUT2D eigenvalue weighted by atomic mass is 35.5. The van der Waals surface area contributed by atoms with Crippen molar-refractivity contribution in [3.63, 3.8) is 0 Å². The Balaban J connectivity index is 0.00000144. The van der Waals surface area contributed by atoms with Crippen LogP contribution in [0.25, 0.3) is 0 Å². The van der Waals surface area contributed by atoms with Crippen LogP contribution in [0.1, 0.15) is 30.1 Å². The van der Waals surface area contributed by atoms with Gasteiger partial charge >= 0.3 is 0 Å². The molecule has 1 unspecified atom stereocenters. The van der Waals surface area contributed by atoms with E-state index >= 15 is 0 Å². The minimum atomic E-state index is -0.00626. The predicted octanol–water partition coefficient (Wildman–Crippen LogP) is 1.28. The second-order valence-corrected chi connectivity index (χ2v) is 5.63. The number of carbonyl (C=O) groups is 1. The Morgan fingerprint density at radius 2 is 2.29 bits per heavy atom. The van der Waals surface area contributed by atoms with Crippen LogP contribution in [0.15, 0.2) is 24.8 Å². The Morgan fingerprint density at radius 1 is 1.42 bits per heavy atom. The normalized spacial score (nSPS) is 16.8. The van der Waals surface area contributed by atoms with Gasteiger partial charge in [0.2, 0.25) is 5.91 Å². The zero-order chi connectivity index (χ0) is 15.2. The number of carbonyl (C=O) groups excluding carboxylic acids is 1. The van der Waals surface area contributed by atoms with Gasteiger partial charge in [0.1, 0.15) is 6.54 Å². The van der Waals surface area contributed by atoms with Crippen LogP contribution in [0.2, 0.25) is 0 Å². The summed E-state index contributed by atoms with van der Waals surface area (Å²) in [5.41, 5.74) is 2.17. The summed E-state index contributed by atoms with van der Waals surface area (Å²) in [6.45, 7) is 2.93. The van der Waals surface area contributed by atoms with E-state index in [2.05, 4.69) is 25.7 Å². The minimum Gasteiger partial charge on any atom is -0.354 e. The number of imidazole rings is 1. The summed E-state index contributed by atoms with van der Waals surface area (Å²) in [7, 11) is 0. The largest absolute Gasteiger partial charge is 0.354 e. The molecule has 0 bridgehead atoms. The number of nitrogens with zero attached hydrogens (tertiary/aromatic N) is 3. The van der Waals surface area contributed by atoms with E-state index in [1.54, 1.807) is 18.7 Å². The summed E-state index contributed by atoms with van der Waals surface area (Å²) in [4.78, 5) is 19.0. The molecule has 0 aliphatic carbocycles. The first-order chi connectivity index (χ1) is 10.8. The number of hydrogen-bond acceptors (Lipinski definition) is 4. The highest BCUT2D eigenvalue weighted by molar-refractivity contribution is 5.85. The van der Waals surface area contributed by atoms with Gasteiger partial charge in [0.05, 0.1) is 6.33 Å². The second-order valence-electron chi connectivity index (χ2n) is 5.63. The van der Waals surface area contributed by atoms with Crippen LogP contribution >= 0.6 is 24.8 Å². The molecule has 2 aromatic heterocycles. The van der Waals surface area contributed by atoms with Crippen molar-refractivity contribution in [2.24, 2.45) is 0 Å². The van der Waals surface area contributed by atoms with Gasteiger partial charge in [-0.15, -0.1) is 24.8 Å². The van der Waals surface area contributed by atoms with Gasteiger partial charge in [0, 0.05) is 49.2 Å². The van der Waals surface area contributed by atoms with Crippen molar-refractivity contribution in [2.45, 2.75) is 31.7 Å². The number of H-pyrrole nitrogens is 1. The quantitative estimate of drug-likeness (QED) is 0.710. The van der Waals surface area contributed by atoms with Gasteiger partial charge in [0.15, 0.2) is 0 Å². The maximum Gasteiger partial charge on any atom is 0.241 e. The fraction of sp³-hybridized carbons (Fsp3) is 0.533. The highest BCUT2D eigenvalue weighted by Crippen LogP contribution is 2.22. The van der Waals surface area contributed by atoms with E-state index in [-0.39, 0.29) is 37.3 Å². The molecule has 2 aromatic rings. The number of nitrogens with one attached hydrogen (secondary N) is 3. The summed E-state index contributed by atoms with van der Waals surface area (Å²) in [6, 6.07) is 2.02. The lowest BCUT2D eigenvalue weighted by atomic mass is 9.96. The van der Waals surface area contributed by atoms with Gasteiger partial charge in [-0.1, -0.05) is 0 Å². The van der Waals surface area contributed by atoms with Gasteiger partial charge in [-0.25, -0.2) is 4.98 Å². The summed E-state index contributed by atoms with van der Waals surface area (Å²) in [6.07, 6.45) is 8.28. The molecule has 1 aliphatic rings. The molecule has 1 amide bonds. The van der Waals surface area contributed by atoms with E-state index in [9.17, 15) is 4.79 Å². The third kappa shape index (κ3) is 5.51. The number of piperidine rings is 1. The third-order valence-corrected chi connectivity index (χ3v) is 4.03. The molecule has 0 radical (unpaired) electrons. The fourth-order valence-electron chi connectivity index (χ4n) is 2.88. The smallest absolute Gasteiger partial charge is 0.241 e. The summed E-state index contributed by atoms with van der Waals surface area (Å²) in [5, 5.41) is 10.6. The molecule has 3 rings (SSSR count). The van der Waals surface area contributed by atoms with Crippen molar-refractivity contribution in [1.29, 1.82) is 0 Å². The van der Waals surface area contributed by atoms with E-state index < -0.39 is 0 Å². The van der Waals surface area contributed by atoms with Crippen molar-refractivity contribution in [1.82, 2.24) is 30.4 Å². The van der Waals surface area contributed by atoms with Crippen LogP contribution in [0.5, 0.6) is 0 Å². The Labute approximate surface area is 153 Å². The van der Waals surface area contributed by atoms with Crippen molar-refractivity contribution >= 4 is 30.7 Å². The summed E-state index contributed by atoms with van der Waals surface area (Å²) < 4.78 is 1.82. The maximum absolute atomic E-state index is 12.1. The molecule has 0 spiro atoms. The molecule has 3 heterocycles. The molecule has 9 heteroatoms. The molecule has 1 fully saturated rings. The van der Waals surface area contributed by atoms with E-state index in [0.717, 1.165) is 37.3 Å². The van der Waals surface area contributed by atoms with E-state index in [1.807, 2.05) is 10.7 Å². The number of aromatic nitrogens is 4. The average Bonchev–Trinajstić information content (AvgIpc) is 3.20. The van der Waals surface area contributed by atoms with Crippen LogP contribution in [-0.2, 0) is 17.8 Å². The average molecular weight is 375 g/mol. The molecule has 0 aromatic carbocycles. The Hall–Kier alpha value is -1.57. The van der Waals surface area contributed by atoms with Gasteiger partial charge in [-0.2, -0.15) is 5.10 Å². The number of rotatable bonds is 6. The van der Waals surface area contributed by atoms with Crippen LogP contribution < -0.4 is 10.6 Å². The van der Waals surface area contributed by atoms with E-state index in [4.69, 9.17) is 0 Å². The molecule has 1 saturated heterocycles. The Kier molecular flexibility index (Phi) is 8.81. The lowest BCUT2D eigenvalue weighted by molar-refractivity contribution is -0.121. The summed E-state index contributed by atoms with van der Waals surface area (Å²) >= 11 is 0. The summed E-state index contributed by atoms with van der Waals surface area (Å²) in [5.74, 6) is 0.447. The Bertz CT molecular complexity index is 595. The first kappa shape index (κ1) is 20.5. The van der Waals surface area contributed by atoms with Crippen LogP contribution in [-0.4, -0.2) is 45.3 Å². The molecular formula is C15H24Cl2N6O. The van der Waals surface area contributed by atoms with Crippen LogP contribution in [0.4, 0.5) is 0 Å². The van der Waals surface area contributed by atoms with Crippen molar-refractivity contribution in [2.75, 3.05) is 19.6 Å². The first-order valence-corrected chi connectivity index (χ1v) is 7.79. The molecule has 1 atom stereocenters. The van der Waals surface area contributed by atoms with Crippen molar-refractivity contribution in [3.8, 4) is 0 Å². The standard InChI is InChI=1S/C15H22N6O.2ClH/c22-15(18-6-3-13-9-17-11-19-13)10-21-14(4-7-20-21)12-2-1-5-16-8-12;;/h4,7,9,11-12,16H,1-3,5-6,8,10H2,(H,17,19)(H,18,22);2*1H. The lowest BCUT2D eigenvalue weighted by Gasteiger charge is -2.23. The van der Waals surface area contributed by atoms with Crippen LogP contribution in [0.3, 0.4) is 0 Å². The van der Waals surface area contributed by atoms with E-state index in [0.29, 0.717) is 12.5 Å². The van der Waals surface area contributed by atoms with Gasteiger partial charge in [-0.3, -0.25) is 9.48 Å². The minimum absolute atomic E-state index is 0. The molecule has 7 nitrogen and oxygen atoms in total. The third-order valence-electron chi connectivity index (χ3n) is 4.03. The van der Waals surface area contributed by atoms with Gasteiger partial charge in [-0.05, 0) is 25.5 Å². The van der Waals surface area contributed by atoms with Crippen molar-refractivity contribution < 1.29 is 4.79 Å². The van der Waals surface area contributed by atoms with Crippen molar-refractivity contribution in [3.05, 3.63) is 36.2 Å². The molecule has 24 heavy (non-hydrogen) atoms. The molecular weight excluding hydrogens is 351 g/mol. The molecule has 1 aliphatic heterocycles. The SMILES string of the molecule is Cl.Cl.O=C(Cn1nccc1C1CCCNC1)NCCc1cnc[nH]1. The van der Waals surface area contributed by atoms with Gasteiger partial charge < -0.3 is 15.6 Å². The molecule has 0 saturated carbocycles. The van der Waals surface area contributed by atoms with Gasteiger partial charge in [0.25, 0.3) is 0 Å². The van der Waals surface area contributed by atoms with E-state index in [1.165, 1.54) is 6.42 Å². The number of halogens is 2. The maximum atomic E-state index is 12.1.